The van der Waals surface area contributed by atoms with Crippen LogP contribution in [-0.4, -0.2) is 0 Å². The van der Waals surface area contributed by atoms with Crippen LogP contribution in [0.1, 0.15) is 25.0 Å². The number of para-hydroxylation sites is 1. The maximum absolute atomic E-state index is 3.78. The zero-order valence-electron chi connectivity index (χ0n) is 22.0. The summed E-state index contributed by atoms with van der Waals surface area (Å²) in [6.07, 6.45) is 0. The Labute approximate surface area is 238 Å². The molecule has 0 unspecified atom stereocenters. The summed E-state index contributed by atoms with van der Waals surface area (Å²) in [5.74, 6) is 0. The summed E-state index contributed by atoms with van der Waals surface area (Å²) in [5.41, 5.74) is 11.3. The number of fused-ring (bicyclic) bond motifs is 4. The van der Waals surface area contributed by atoms with E-state index in [1.807, 2.05) is 0 Å². The van der Waals surface area contributed by atoms with Crippen LogP contribution in [0.3, 0.4) is 0 Å². The van der Waals surface area contributed by atoms with Crippen molar-refractivity contribution in [2.45, 2.75) is 19.3 Å². The van der Waals surface area contributed by atoms with Gasteiger partial charge in [0, 0.05) is 26.6 Å². The number of rotatable bonds is 4. The number of nitrogens with zero attached hydrogens (tertiary/aromatic N) is 1. The molecule has 188 valence electrons. The molecule has 0 fully saturated rings. The van der Waals surface area contributed by atoms with Crippen LogP contribution < -0.4 is 4.90 Å². The molecule has 0 aromatic heterocycles. The Hall–Kier alpha value is -4.14. The maximum atomic E-state index is 3.78. The molecular weight excluding hydrogens is 538 g/mol. The van der Waals surface area contributed by atoms with Crippen LogP contribution in [0, 0.1) is 0 Å². The normalized spacial score (nSPS) is 13.2. The van der Waals surface area contributed by atoms with E-state index in [4.69, 9.17) is 0 Å². The second kappa shape index (κ2) is 9.25. The fraction of sp³-hybridized carbons (Fsp3) is 0.0811. The summed E-state index contributed by atoms with van der Waals surface area (Å²) in [7, 11) is 0. The number of benzene rings is 6. The van der Waals surface area contributed by atoms with Crippen molar-refractivity contribution in [2.75, 3.05) is 4.90 Å². The van der Waals surface area contributed by atoms with Gasteiger partial charge in [0.05, 0.1) is 5.69 Å². The second-order valence-corrected chi connectivity index (χ2v) is 11.6. The van der Waals surface area contributed by atoms with E-state index >= 15 is 0 Å². The fourth-order valence-corrected chi connectivity index (χ4v) is 6.74. The van der Waals surface area contributed by atoms with Gasteiger partial charge in [0.25, 0.3) is 0 Å². The first kappa shape index (κ1) is 23.9. The van der Waals surface area contributed by atoms with Crippen LogP contribution in [0.25, 0.3) is 33.0 Å². The van der Waals surface area contributed by atoms with Crippen LogP contribution >= 0.6 is 15.9 Å². The maximum Gasteiger partial charge on any atom is 0.0540 e. The van der Waals surface area contributed by atoms with Crippen LogP contribution in [0.15, 0.2) is 138 Å². The van der Waals surface area contributed by atoms with Gasteiger partial charge in [-0.05, 0) is 75.2 Å². The zero-order valence-corrected chi connectivity index (χ0v) is 23.6. The highest BCUT2D eigenvalue weighted by molar-refractivity contribution is 9.10. The smallest absolute Gasteiger partial charge is 0.0540 e. The van der Waals surface area contributed by atoms with Gasteiger partial charge in [-0.15, -0.1) is 0 Å². The Balaban J connectivity index is 1.47. The first-order valence-electron chi connectivity index (χ1n) is 13.4. The minimum absolute atomic E-state index is 0.0144. The molecule has 1 nitrogen and oxygen atoms in total. The lowest BCUT2D eigenvalue weighted by atomic mass is 9.82. The van der Waals surface area contributed by atoms with Gasteiger partial charge in [-0.1, -0.05) is 127 Å². The van der Waals surface area contributed by atoms with Crippen molar-refractivity contribution in [1.29, 1.82) is 0 Å². The van der Waals surface area contributed by atoms with Crippen molar-refractivity contribution in [3.05, 3.63) is 149 Å². The third-order valence-corrected chi connectivity index (χ3v) is 8.84. The molecule has 0 spiro atoms. The summed E-state index contributed by atoms with van der Waals surface area (Å²) in [6, 6.07) is 48.3. The predicted octanol–water partition coefficient (Wildman–Crippen LogP) is 11.0. The molecule has 0 amide bonds. The molecule has 0 heterocycles. The van der Waals surface area contributed by atoms with Crippen LogP contribution in [0.4, 0.5) is 17.1 Å². The number of anilines is 3. The van der Waals surface area contributed by atoms with E-state index in [0.29, 0.717) is 0 Å². The van der Waals surface area contributed by atoms with Gasteiger partial charge in [0.15, 0.2) is 0 Å². The quantitative estimate of drug-likeness (QED) is 0.205. The Morgan fingerprint density at radius 1 is 0.487 bits per heavy atom. The molecule has 7 rings (SSSR count). The average molecular weight is 567 g/mol. The van der Waals surface area contributed by atoms with Crippen molar-refractivity contribution >= 4 is 43.8 Å². The average Bonchev–Trinajstić information content (AvgIpc) is 3.20. The highest BCUT2D eigenvalue weighted by Crippen LogP contribution is 2.51. The number of hydrogen-bond donors (Lipinski definition) is 0. The summed E-state index contributed by atoms with van der Waals surface area (Å²) >= 11 is 3.78. The third-order valence-electron chi connectivity index (χ3n) is 8.15. The van der Waals surface area contributed by atoms with Gasteiger partial charge in [-0.2, -0.15) is 0 Å². The molecule has 0 aliphatic heterocycles. The van der Waals surface area contributed by atoms with Crippen LogP contribution in [-0.2, 0) is 5.41 Å². The van der Waals surface area contributed by atoms with Crippen molar-refractivity contribution < 1.29 is 0 Å². The summed E-state index contributed by atoms with van der Waals surface area (Å²) in [5, 5.41) is 2.45. The second-order valence-electron chi connectivity index (χ2n) is 10.7. The van der Waals surface area contributed by atoms with Gasteiger partial charge in [-0.3, -0.25) is 0 Å². The summed E-state index contributed by atoms with van der Waals surface area (Å²) in [6.45, 7) is 4.67. The Kier molecular flexibility index (Phi) is 5.68. The first-order valence-corrected chi connectivity index (χ1v) is 14.2. The minimum Gasteiger partial charge on any atom is -0.310 e. The molecule has 0 N–H and O–H groups in total. The van der Waals surface area contributed by atoms with E-state index in [-0.39, 0.29) is 5.41 Å². The molecule has 0 bridgehead atoms. The number of hydrogen-bond acceptors (Lipinski definition) is 1. The topological polar surface area (TPSA) is 3.24 Å². The standard InChI is InChI=1S/C37H28BrN/c1-37(2)33-18-10-8-15-29(33)32-24-26(20-22-34(32)37)39(25-12-4-3-5-13-25)36-23-21-28(27-14-6-7-17-31(27)36)30-16-9-11-19-35(30)38/h3-24H,1-2H3. The third kappa shape index (κ3) is 3.82. The van der Waals surface area contributed by atoms with Gasteiger partial charge in [-0.25, -0.2) is 0 Å². The Morgan fingerprint density at radius 2 is 1.13 bits per heavy atom. The molecule has 0 atom stereocenters. The van der Waals surface area contributed by atoms with Crippen molar-refractivity contribution in [3.8, 4) is 22.3 Å². The van der Waals surface area contributed by atoms with Crippen molar-refractivity contribution in [3.63, 3.8) is 0 Å². The lowest BCUT2D eigenvalue weighted by molar-refractivity contribution is 0.660. The fourth-order valence-electron chi connectivity index (χ4n) is 6.24. The first-order chi connectivity index (χ1) is 19.0. The van der Waals surface area contributed by atoms with E-state index in [9.17, 15) is 0 Å². The largest absolute Gasteiger partial charge is 0.310 e. The van der Waals surface area contributed by atoms with E-state index in [1.165, 1.54) is 44.2 Å². The highest BCUT2D eigenvalue weighted by atomic mass is 79.9. The minimum atomic E-state index is -0.0144. The summed E-state index contributed by atoms with van der Waals surface area (Å²) < 4.78 is 1.10. The van der Waals surface area contributed by atoms with Gasteiger partial charge >= 0.3 is 0 Å². The van der Waals surface area contributed by atoms with Crippen LogP contribution in [0.5, 0.6) is 0 Å². The monoisotopic (exact) mass is 565 g/mol. The molecule has 1 aliphatic rings. The van der Waals surface area contributed by atoms with Gasteiger partial charge in [0.1, 0.15) is 0 Å². The lowest BCUT2D eigenvalue weighted by Gasteiger charge is -2.28. The van der Waals surface area contributed by atoms with Gasteiger partial charge in [0.2, 0.25) is 0 Å². The van der Waals surface area contributed by atoms with Crippen molar-refractivity contribution in [1.82, 2.24) is 0 Å². The molecule has 39 heavy (non-hydrogen) atoms. The molecular formula is C37H28BrN. The molecule has 1 aliphatic carbocycles. The molecule has 0 saturated carbocycles. The molecule has 6 aromatic carbocycles. The molecule has 6 aromatic rings. The zero-order chi connectivity index (χ0) is 26.6. The van der Waals surface area contributed by atoms with Crippen molar-refractivity contribution in [2.24, 2.45) is 0 Å². The highest BCUT2D eigenvalue weighted by Gasteiger charge is 2.35. The van der Waals surface area contributed by atoms with E-state index in [0.717, 1.165) is 21.5 Å². The molecule has 0 radical (unpaired) electrons. The molecule has 0 saturated heterocycles. The summed E-state index contributed by atoms with van der Waals surface area (Å²) in [4.78, 5) is 2.40. The SMILES string of the molecule is CC1(C)c2ccccc2-c2cc(N(c3ccccc3)c3ccc(-c4ccccc4Br)c4ccccc34)ccc21. The van der Waals surface area contributed by atoms with E-state index < -0.39 is 0 Å². The van der Waals surface area contributed by atoms with E-state index in [2.05, 4.69) is 168 Å². The van der Waals surface area contributed by atoms with E-state index in [1.54, 1.807) is 0 Å². The van der Waals surface area contributed by atoms with Crippen LogP contribution in [0.2, 0.25) is 0 Å². The Morgan fingerprint density at radius 3 is 1.92 bits per heavy atom. The Bertz CT molecular complexity index is 1850. The van der Waals surface area contributed by atoms with Gasteiger partial charge < -0.3 is 4.90 Å². The predicted molar refractivity (Wildman–Crippen MR) is 169 cm³/mol. The lowest BCUT2D eigenvalue weighted by Crippen LogP contribution is -2.15. The molecule has 2 heteroatoms. The number of halogens is 1.